The van der Waals surface area contributed by atoms with Gasteiger partial charge in [-0.05, 0) is 0 Å². The van der Waals surface area contributed by atoms with Gasteiger partial charge in [0.2, 0.25) is 0 Å². The van der Waals surface area contributed by atoms with Crippen molar-refractivity contribution in [1.82, 2.24) is 0 Å². The van der Waals surface area contributed by atoms with Gasteiger partial charge >= 0.3 is 130 Å². The van der Waals surface area contributed by atoms with E-state index in [2.05, 4.69) is 76.2 Å². The first-order valence-corrected chi connectivity index (χ1v) is 15.5. The fourth-order valence-electron chi connectivity index (χ4n) is 2.79. The van der Waals surface area contributed by atoms with Crippen LogP contribution in [0.2, 0.25) is 13.3 Å². The molecule has 2 heteroatoms. The van der Waals surface area contributed by atoms with Gasteiger partial charge in [-0.1, -0.05) is 0 Å². The van der Waals surface area contributed by atoms with Crippen LogP contribution in [0.25, 0.3) is 0 Å². The van der Waals surface area contributed by atoms with Gasteiger partial charge in [0.15, 0.2) is 0 Å². The molecule has 0 fully saturated rings. The predicted octanol–water partition coefficient (Wildman–Crippen LogP) is 4.89. The number of benzene rings is 1. The summed E-state index contributed by atoms with van der Waals surface area (Å²) < 4.78 is 5.97. The molecule has 0 spiro atoms. The van der Waals surface area contributed by atoms with Crippen LogP contribution in [0.5, 0.6) is 0 Å². The summed E-state index contributed by atoms with van der Waals surface area (Å²) >= 11 is -2.12. The molecular formula is C18H31NSn. The fourth-order valence-corrected chi connectivity index (χ4v) is 14.3. The van der Waals surface area contributed by atoms with Gasteiger partial charge < -0.3 is 0 Å². The minimum absolute atomic E-state index is 0.218. The van der Waals surface area contributed by atoms with Crippen molar-refractivity contribution < 1.29 is 0 Å². The molecule has 0 aliphatic carbocycles. The van der Waals surface area contributed by atoms with Crippen molar-refractivity contribution in [3.8, 4) is 0 Å². The first kappa shape index (κ1) is 17.7. The summed E-state index contributed by atoms with van der Waals surface area (Å²) in [5.74, 6) is 0. The molecule has 1 aromatic rings. The van der Waals surface area contributed by atoms with Crippen molar-refractivity contribution in [3.63, 3.8) is 0 Å². The fraction of sp³-hybridized carbons (Fsp3) is 0.611. The van der Waals surface area contributed by atoms with Crippen molar-refractivity contribution in [2.24, 2.45) is 10.4 Å². The van der Waals surface area contributed by atoms with Gasteiger partial charge in [0.05, 0.1) is 0 Å². The van der Waals surface area contributed by atoms with Crippen molar-refractivity contribution in [2.75, 3.05) is 6.54 Å². The minimum atomic E-state index is -2.12. The zero-order chi connectivity index (χ0) is 15.1. The quantitative estimate of drug-likeness (QED) is 0.363. The van der Waals surface area contributed by atoms with Gasteiger partial charge in [0.1, 0.15) is 0 Å². The number of hydrogen-bond acceptors (Lipinski definition) is 1. The van der Waals surface area contributed by atoms with Crippen LogP contribution in [0.15, 0.2) is 35.3 Å². The van der Waals surface area contributed by atoms with Crippen LogP contribution in [0, 0.1) is 5.41 Å². The van der Waals surface area contributed by atoms with Crippen LogP contribution < -0.4 is 3.58 Å². The van der Waals surface area contributed by atoms with E-state index in [1.165, 1.54) is 19.7 Å². The Kier molecular flexibility index (Phi) is 7.28. The maximum absolute atomic E-state index is 4.62. The summed E-state index contributed by atoms with van der Waals surface area (Å²) in [6.45, 7) is 12.4. The molecular weight excluding hydrogens is 349 g/mol. The molecule has 0 radical (unpaired) electrons. The summed E-state index contributed by atoms with van der Waals surface area (Å²) in [6.07, 6.45) is 3.38. The van der Waals surface area contributed by atoms with E-state index in [1.807, 2.05) is 0 Å². The Bertz CT molecular complexity index is 399. The van der Waals surface area contributed by atoms with Crippen molar-refractivity contribution in [3.05, 3.63) is 30.3 Å². The Balaban J connectivity index is 2.63. The van der Waals surface area contributed by atoms with Gasteiger partial charge in [-0.15, -0.1) is 0 Å². The molecule has 1 nitrogen and oxygen atoms in total. The number of rotatable bonds is 7. The molecule has 0 aliphatic heterocycles. The zero-order valence-electron chi connectivity index (χ0n) is 13.9. The Morgan fingerprint density at radius 3 is 2.15 bits per heavy atom. The first-order valence-electron chi connectivity index (χ1n) is 8.00. The van der Waals surface area contributed by atoms with Crippen LogP contribution >= 0.6 is 0 Å². The SMILES string of the molecule is C[CH2][Sn]([CH2]C)([CH2]CCN=CC(C)(C)C)[c]1ccccc1. The molecule has 112 valence electrons. The van der Waals surface area contributed by atoms with E-state index in [-0.39, 0.29) is 5.41 Å². The maximum atomic E-state index is 4.62. The van der Waals surface area contributed by atoms with Crippen molar-refractivity contribution in [1.29, 1.82) is 0 Å². The molecule has 0 bridgehead atoms. The summed E-state index contributed by atoms with van der Waals surface area (Å²) in [4.78, 5) is 4.62. The van der Waals surface area contributed by atoms with E-state index >= 15 is 0 Å². The Morgan fingerprint density at radius 1 is 1.05 bits per heavy atom. The molecule has 0 unspecified atom stereocenters. The summed E-state index contributed by atoms with van der Waals surface area (Å²) in [7, 11) is 0. The van der Waals surface area contributed by atoms with Crippen molar-refractivity contribution in [2.45, 2.75) is 54.3 Å². The van der Waals surface area contributed by atoms with E-state index in [0.29, 0.717) is 0 Å². The van der Waals surface area contributed by atoms with E-state index in [4.69, 9.17) is 0 Å². The average Bonchev–Trinajstić information content (AvgIpc) is 2.43. The Labute approximate surface area is 129 Å². The third-order valence-electron chi connectivity index (χ3n) is 4.16. The molecule has 0 atom stereocenters. The van der Waals surface area contributed by atoms with Crippen LogP contribution in [0.3, 0.4) is 0 Å². The molecule has 20 heavy (non-hydrogen) atoms. The second kappa shape index (κ2) is 8.21. The second-order valence-electron chi connectivity index (χ2n) is 6.86. The Hall–Kier alpha value is -0.311. The van der Waals surface area contributed by atoms with Crippen LogP contribution in [-0.4, -0.2) is 31.1 Å². The van der Waals surface area contributed by atoms with Gasteiger partial charge in [-0.25, -0.2) is 0 Å². The van der Waals surface area contributed by atoms with E-state index in [1.54, 1.807) is 3.58 Å². The molecule has 0 aliphatic rings. The van der Waals surface area contributed by atoms with Gasteiger partial charge in [-0.3, -0.25) is 0 Å². The third kappa shape index (κ3) is 5.59. The predicted molar refractivity (Wildman–Crippen MR) is 95.0 cm³/mol. The number of nitrogens with zero attached hydrogens (tertiary/aromatic N) is 1. The molecule has 0 heterocycles. The van der Waals surface area contributed by atoms with Crippen LogP contribution in [0.1, 0.15) is 41.0 Å². The molecule has 0 aromatic heterocycles. The summed E-state index contributed by atoms with van der Waals surface area (Å²) in [5.41, 5.74) is 0.218. The van der Waals surface area contributed by atoms with Gasteiger partial charge in [-0.2, -0.15) is 0 Å². The second-order valence-corrected chi connectivity index (χ2v) is 21.3. The normalized spacial score (nSPS) is 13.1. The molecule has 0 saturated carbocycles. The monoisotopic (exact) mass is 381 g/mol. The van der Waals surface area contributed by atoms with E-state index in [0.717, 1.165) is 6.54 Å². The average molecular weight is 380 g/mol. The van der Waals surface area contributed by atoms with E-state index in [9.17, 15) is 0 Å². The molecule has 0 saturated heterocycles. The topological polar surface area (TPSA) is 12.4 Å². The van der Waals surface area contributed by atoms with E-state index < -0.39 is 18.4 Å². The zero-order valence-corrected chi connectivity index (χ0v) is 16.8. The van der Waals surface area contributed by atoms with Crippen LogP contribution in [0.4, 0.5) is 0 Å². The van der Waals surface area contributed by atoms with Gasteiger partial charge in [0, 0.05) is 0 Å². The first-order chi connectivity index (χ1) is 9.43. The molecule has 1 rings (SSSR count). The summed E-state index contributed by atoms with van der Waals surface area (Å²) in [5, 5.41) is 0. The van der Waals surface area contributed by atoms with Gasteiger partial charge in [0.25, 0.3) is 0 Å². The number of hydrogen-bond donors (Lipinski definition) is 0. The molecule has 1 aromatic carbocycles. The summed E-state index contributed by atoms with van der Waals surface area (Å²) in [6, 6.07) is 11.3. The molecule has 0 N–H and O–H groups in total. The standard InChI is InChI=1S/C8H16N.C6H5.2C2H5.Sn/c1-5-6-9-7-8(2,3)4;1-2-4-6-5-3-1;2*1-2;/h7H,1,5-6H2,2-4H3;1-5H;2*1H2,2H3;. The van der Waals surface area contributed by atoms with Crippen LogP contribution in [-0.2, 0) is 0 Å². The third-order valence-corrected chi connectivity index (χ3v) is 20.1. The number of aliphatic imine (C=N–C) groups is 1. The molecule has 0 amide bonds. The Morgan fingerprint density at radius 2 is 1.65 bits per heavy atom. The van der Waals surface area contributed by atoms with Crippen molar-refractivity contribution >= 4 is 28.2 Å².